The number of hydrogen-bond donors (Lipinski definition) is 3. The minimum absolute atomic E-state index is 0.640. The number of hydrazine groups is 1. The smallest absolute Gasteiger partial charge is 0.206 e. The van der Waals surface area contributed by atoms with E-state index in [0.717, 1.165) is 16.8 Å². The summed E-state index contributed by atoms with van der Waals surface area (Å²) < 4.78 is 1.12. The summed E-state index contributed by atoms with van der Waals surface area (Å²) in [6.45, 7) is 3.61. The van der Waals surface area contributed by atoms with E-state index in [1.54, 1.807) is 11.3 Å². The molecule has 0 aliphatic heterocycles. The molecule has 0 fully saturated rings. The van der Waals surface area contributed by atoms with E-state index in [0.29, 0.717) is 12.5 Å². The monoisotopic (exact) mass is 290 g/mol. The quantitative estimate of drug-likeness (QED) is 0.343. The van der Waals surface area contributed by atoms with E-state index >= 15 is 0 Å². The van der Waals surface area contributed by atoms with Crippen molar-refractivity contribution in [2.24, 2.45) is 10.8 Å². The maximum absolute atomic E-state index is 5.33. The second-order valence-electron chi connectivity index (χ2n) is 2.94. The van der Waals surface area contributed by atoms with Gasteiger partial charge in [0.25, 0.3) is 0 Å². The van der Waals surface area contributed by atoms with Gasteiger partial charge in [-0.05, 0) is 34.5 Å². The zero-order valence-electron chi connectivity index (χ0n) is 8.59. The van der Waals surface area contributed by atoms with Crippen LogP contribution in [0.15, 0.2) is 20.9 Å². The summed E-state index contributed by atoms with van der Waals surface area (Å²) in [4.78, 5) is 5.52. The fraction of sp³-hybridized carbons (Fsp3) is 0.444. The number of aliphatic imine (C=N–C) groups is 1. The Bertz CT molecular complexity index is 324. The second kappa shape index (κ2) is 6.81. The third kappa shape index (κ3) is 4.63. The lowest BCUT2D eigenvalue weighted by Gasteiger charge is -2.06. The first-order chi connectivity index (χ1) is 7.26. The highest BCUT2D eigenvalue weighted by molar-refractivity contribution is 9.11. The Labute approximate surface area is 102 Å². The van der Waals surface area contributed by atoms with Crippen LogP contribution < -0.4 is 16.6 Å². The predicted octanol–water partition coefficient (Wildman–Crippen LogP) is 1.83. The Balaban J connectivity index is 2.46. The molecule has 84 valence electrons. The Hall–Kier alpha value is -0.590. The number of thiophene rings is 1. The first kappa shape index (κ1) is 12.5. The van der Waals surface area contributed by atoms with Crippen LogP contribution in [-0.4, -0.2) is 12.5 Å². The number of hydrogen-bond acceptors (Lipinski definition) is 3. The first-order valence-corrected chi connectivity index (χ1v) is 6.36. The second-order valence-corrected chi connectivity index (χ2v) is 5.49. The van der Waals surface area contributed by atoms with Crippen molar-refractivity contribution in [2.45, 2.75) is 19.9 Å². The van der Waals surface area contributed by atoms with Crippen molar-refractivity contribution < 1.29 is 0 Å². The minimum Gasteiger partial charge on any atom is -0.355 e. The van der Waals surface area contributed by atoms with Gasteiger partial charge in [-0.3, -0.25) is 5.43 Å². The lowest BCUT2D eigenvalue weighted by atomic mass is 10.5. The van der Waals surface area contributed by atoms with Gasteiger partial charge in [0.05, 0.1) is 10.3 Å². The molecule has 4 nitrogen and oxygen atoms in total. The summed E-state index contributed by atoms with van der Waals surface area (Å²) in [7, 11) is 0. The topological polar surface area (TPSA) is 62.4 Å². The highest BCUT2D eigenvalue weighted by atomic mass is 79.9. The van der Waals surface area contributed by atoms with Crippen LogP contribution in [-0.2, 0) is 6.54 Å². The summed E-state index contributed by atoms with van der Waals surface area (Å²) in [6.07, 6.45) is 1.05. The van der Waals surface area contributed by atoms with Crippen LogP contribution in [0.2, 0.25) is 0 Å². The van der Waals surface area contributed by atoms with Gasteiger partial charge in [-0.25, -0.2) is 10.8 Å². The zero-order chi connectivity index (χ0) is 11.1. The summed E-state index contributed by atoms with van der Waals surface area (Å²) in [5, 5.41) is 3.10. The highest BCUT2D eigenvalue weighted by Gasteiger charge is 1.98. The molecule has 0 unspecified atom stereocenters. The van der Waals surface area contributed by atoms with E-state index < -0.39 is 0 Å². The average molecular weight is 291 g/mol. The van der Waals surface area contributed by atoms with E-state index in [2.05, 4.69) is 38.6 Å². The number of guanidine groups is 1. The summed E-state index contributed by atoms with van der Waals surface area (Å²) >= 11 is 5.09. The molecule has 0 radical (unpaired) electrons. The van der Waals surface area contributed by atoms with Crippen molar-refractivity contribution in [3.05, 3.63) is 20.8 Å². The molecular weight excluding hydrogens is 276 g/mol. The Morgan fingerprint density at radius 3 is 2.93 bits per heavy atom. The maximum atomic E-state index is 5.33. The Morgan fingerprint density at radius 1 is 1.60 bits per heavy atom. The van der Waals surface area contributed by atoms with Crippen LogP contribution in [0.25, 0.3) is 0 Å². The number of rotatable bonds is 4. The van der Waals surface area contributed by atoms with Gasteiger partial charge >= 0.3 is 0 Å². The van der Waals surface area contributed by atoms with E-state index in [-0.39, 0.29) is 0 Å². The van der Waals surface area contributed by atoms with Gasteiger partial charge in [-0.15, -0.1) is 11.3 Å². The van der Waals surface area contributed by atoms with Crippen molar-refractivity contribution in [3.63, 3.8) is 0 Å². The third-order valence-corrected chi connectivity index (χ3v) is 3.31. The molecule has 0 atom stereocenters. The van der Waals surface area contributed by atoms with Crippen molar-refractivity contribution in [1.82, 2.24) is 10.7 Å². The number of nitrogens with one attached hydrogen (secondary N) is 2. The van der Waals surface area contributed by atoms with Crippen LogP contribution in [0, 0.1) is 0 Å². The van der Waals surface area contributed by atoms with Gasteiger partial charge in [-0.1, -0.05) is 6.92 Å². The Kier molecular flexibility index (Phi) is 5.67. The highest BCUT2D eigenvalue weighted by Crippen LogP contribution is 2.22. The zero-order valence-corrected chi connectivity index (χ0v) is 11.0. The average Bonchev–Trinajstić information content (AvgIpc) is 2.65. The molecule has 15 heavy (non-hydrogen) atoms. The molecule has 1 aromatic rings. The van der Waals surface area contributed by atoms with Gasteiger partial charge in [-0.2, -0.15) is 0 Å². The van der Waals surface area contributed by atoms with E-state index in [1.807, 2.05) is 12.1 Å². The van der Waals surface area contributed by atoms with Crippen molar-refractivity contribution >= 4 is 33.2 Å². The molecule has 1 heterocycles. The largest absolute Gasteiger partial charge is 0.355 e. The number of nitrogens with two attached hydrogens (primary N) is 1. The van der Waals surface area contributed by atoms with Crippen LogP contribution in [0.4, 0.5) is 0 Å². The predicted molar refractivity (Wildman–Crippen MR) is 68.8 cm³/mol. The van der Waals surface area contributed by atoms with Crippen LogP contribution in [0.1, 0.15) is 18.2 Å². The van der Waals surface area contributed by atoms with Crippen molar-refractivity contribution in [2.75, 3.05) is 6.54 Å². The molecule has 0 saturated carbocycles. The molecule has 0 bridgehead atoms. The number of nitrogens with zero attached hydrogens (tertiary/aromatic N) is 1. The molecule has 0 aliphatic carbocycles. The Morgan fingerprint density at radius 2 is 2.40 bits per heavy atom. The minimum atomic E-state index is 0.640. The molecule has 0 saturated heterocycles. The fourth-order valence-electron chi connectivity index (χ4n) is 0.990. The molecule has 1 rings (SSSR count). The van der Waals surface area contributed by atoms with Gasteiger partial charge in [0, 0.05) is 11.4 Å². The van der Waals surface area contributed by atoms with E-state index in [1.165, 1.54) is 4.88 Å². The SMILES string of the molecule is CCCNC(=NCc1ccc(Br)s1)NN. The molecule has 0 amide bonds. The third-order valence-electron chi connectivity index (χ3n) is 1.70. The first-order valence-electron chi connectivity index (χ1n) is 4.75. The summed E-state index contributed by atoms with van der Waals surface area (Å²) in [5.41, 5.74) is 2.55. The van der Waals surface area contributed by atoms with Gasteiger partial charge < -0.3 is 5.32 Å². The molecule has 0 aromatic carbocycles. The maximum Gasteiger partial charge on any atom is 0.206 e. The van der Waals surface area contributed by atoms with Gasteiger partial charge in [0.2, 0.25) is 5.96 Å². The normalized spacial score (nSPS) is 11.5. The molecular formula is C9H15BrN4S. The lowest BCUT2D eigenvalue weighted by Crippen LogP contribution is -2.41. The van der Waals surface area contributed by atoms with Gasteiger partial charge in [0.1, 0.15) is 0 Å². The summed E-state index contributed by atoms with van der Waals surface area (Å²) in [5.74, 6) is 5.97. The van der Waals surface area contributed by atoms with Crippen LogP contribution in [0.3, 0.4) is 0 Å². The van der Waals surface area contributed by atoms with Crippen molar-refractivity contribution in [3.8, 4) is 0 Å². The lowest BCUT2D eigenvalue weighted by molar-refractivity contribution is 0.791. The standard InChI is InChI=1S/C9H15BrN4S/c1-2-5-12-9(14-11)13-6-7-3-4-8(10)15-7/h3-4H,2,5-6,11H2,1H3,(H2,12,13,14). The molecule has 0 aliphatic rings. The van der Waals surface area contributed by atoms with E-state index in [4.69, 9.17) is 5.84 Å². The summed E-state index contributed by atoms with van der Waals surface area (Å²) in [6, 6.07) is 4.07. The molecule has 4 N–H and O–H groups in total. The van der Waals surface area contributed by atoms with Gasteiger partial charge in [0.15, 0.2) is 0 Å². The van der Waals surface area contributed by atoms with Crippen molar-refractivity contribution in [1.29, 1.82) is 0 Å². The molecule has 6 heteroatoms. The van der Waals surface area contributed by atoms with E-state index in [9.17, 15) is 0 Å². The van der Waals surface area contributed by atoms with Crippen LogP contribution in [0.5, 0.6) is 0 Å². The molecule has 1 aromatic heterocycles. The fourth-order valence-corrected chi connectivity index (χ4v) is 2.40. The van der Waals surface area contributed by atoms with Crippen LogP contribution >= 0.6 is 27.3 Å². The molecule has 0 spiro atoms. The number of halogens is 1.